The molecule has 20 heavy (non-hydrogen) atoms. The number of hydrogen-bond donors (Lipinski definition) is 2. The Labute approximate surface area is 125 Å². The summed E-state index contributed by atoms with van der Waals surface area (Å²) in [5.41, 5.74) is 3.93. The fourth-order valence-electron chi connectivity index (χ4n) is 2.27. The van der Waals surface area contributed by atoms with Crippen LogP contribution in [0.15, 0.2) is 18.2 Å². The molecule has 1 aromatic carbocycles. The number of thioether (sulfide) groups is 1. The van der Waals surface area contributed by atoms with E-state index in [1.807, 2.05) is 6.92 Å². The van der Waals surface area contributed by atoms with Crippen LogP contribution in [0, 0.1) is 0 Å². The summed E-state index contributed by atoms with van der Waals surface area (Å²) in [6.45, 7) is 6.70. The Morgan fingerprint density at radius 1 is 1.40 bits per heavy atom. The Bertz CT molecular complexity index is 462. The first-order chi connectivity index (χ1) is 9.70. The van der Waals surface area contributed by atoms with E-state index in [1.54, 1.807) is 11.8 Å². The maximum atomic E-state index is 12.0. The highest BCUT2D eigenvalue weighted by molar-refractivity contribution is 8.00. The third-order valence-electron chi connectivity index (χ3n) is 3.60. The van der Waals surface area contributed by atoms with Gasteiger partial charge in [-0.15, -0.1) is 11.8 Å². The van der Waals surface area contributed by atoms with Gasteiger partial charge in [-0.3, -0.25) is 4.79 Å². The summed E-state index contributed by atoms with van der Waals surface area (Å²) in [7, 11) is 0. The van der Waals surface area contributed by atoms with Gasteiger partial charge in [-0.25, -0.2) is 0 Å². The molecule has 0 saturated heterocycles. The lowest BCUT2D eigenvalue weighted by Crippen LogP contribution is -2.30. The average molecular weight is 292 g/mol. The summed E-state index contributed by atoms with van der Waals surface area (Å²) >= 11 is 1.74. The van der Waals surface area contributed by atoms with Gasteiger partial charge in [0.05, 0.1) is 5.25 Å². The van der Waals surface area contributed by atoms with E-state index in [1.165, 1.54) is 29.5 Å². The van der Waals surface area contributed by atoms with Crippen LogP contribution in [0.2, 0.25) is 0 Å². The predicted octanol–water partition coefficient (Wildman–Crippen LogP) is 2.83. The molecule has 0 saturated carbocycles. The van der Waals surface area contributed by atoms with E-state index in [0.717, 1.165) is 18.8 Å². The average Bonchev–Trinajstić information content (AvgIpc) is 2.92. The smallest absolute Gasteiger partial charge is 0.233 e. The van der Waals surface area contributed by atoms with Gasteiger partial charge in [-0.05, 0) is 35.8 Å². The zero-order chi connectivity index (χ0) is 14.4. The molecule has 1 atom stereocenters. The Morgan fingerprint density at radius 2 is 2.20 bits per heavy atom. The maximum absolute atomic E-state index is 12.0. The molecular formula is C16H24N2OS. The number of nitrogens with one attached hydrogen (secondary N) is 2. The summed E-state index contributed by atoms with van der Waals surface area (Å²) in [6.07, 6.45) is 2.37. The van der Waals surface area contributed by atoms with E-state index in [0.29, 0.717) is 6.54 Å². The molecule has 0 bridgehead atoms. The van der Waals surface area contributed by atoms with E-state index in [9.17, 15) is 4.79 Å². The van der Waals surface area contributed by atoms with Crippen LogP contribution >= 0.6 is 11.8 Å². The molecule has 0 radical (unpaired) electrons. The summed E-state index contributed by atoms with van der Waals surface area (Å²) < 4.78 is 0. The van der Waals surface area contributed by atoms with Gasteiger partial charge in [-0.2, -0.15) is 0 Å². The van der Waals surface area contributed by atoms with Crippen LogP contribution in [0.4, 0.5) is 0 Å². The fourth-order valence-corrected chi connectivity index (χ4v) is 3.31. The lowest BCUT2D eigenvalue weighted by Gasteiger charge is -2.12. The van der Waals surface area contributed by atoms with Gasteiger partial charge in [0.15, 0.2) is 0 Å². The molecule has 4 heteroatoms. The normalized spacial score (nSPS) is 14.9. The molecule has 1 aliphatic rings. The Morgan fingerprint density at radius 3 is 3.00 bits per heavy atom. The zero-order valence-corrected chi connectivity index (χ0v) is 13.2. The molecule has 3 nitrogen and oxygen atoms in total. The fraction of sp³-hybridized carbons (Fsp3) is 0.562. The zero-order valence-electron chi connectivity index (χ0n) is 12.4. The van der Waals surface area contributed by atoms with Crippen LogP contribution in [0.3, 0.4) is 0 Å². The molecule has 1 heterocycles. The molecule has 2 rings (SSSR count). The highest BCUT2D eigenvalue weighted by Crippen LogP contribution is 2.17. The number of amides is 1. The van der Waals surface area contributed by atoms with Crippen molar-refractivity contribution in [3.63, 3.8) is 0 Å². The molecule has 1 amide bonds. The van der Waals surface area contributed by atoms with E-state index in [4.69, 9.17) is 0 Å². The summed E-state index contributed by atoms with van der Waals surface area (Å²) in [5.74, 6) is 1.21. The van der Waals surface area contributed by atoms with E-state index < -0.39 is 0 Å². The van der Waals surface area contributed by atoms with Crippen molar-refractivity contribution < 1.29 is 4.79 Å². The predicted molar refractivity (Wildman–Crippen MR) is 85.7 cm³/mol. The van der Waals surface area contributed by atoms with Gasteiger partial charge in [-0.1, -0.05) is 31.5 Å². The van der Waals surface area contributed by atoms with Crippen LogP contribution < -0.4 is 10.6 Å². The second kappa shape index (κ2) is 7.70. The maximum Gasteiger partial charge on any atom is 0.233 e. The molecule has 1 aliphatic heterocycles. The number of benzene rings is 1. The van der Waals surface area contributed by atoms with Crippen molar-refractivity contribution >= 4 is 17.7 Å². The largest absolute Gasteiger partial charge is 0.351 e. The number of fused-ring (bicyclic) bond motifs is 1. The van der Waals surface area contributed by atoms with Crippen molar-refractivity contribution in [3.05, 3.63) is 34.9 Å². The Hall–Kier alpha value is -1.00. The lowest BCUT2D eigenvalue weighted by molar-refractivity contribution is -0.120. The van der Waals surface area contributed by atoms with Crippen LogP contribution in [0.5, 0.6) is 0 Å². The summed E-state index contributed by atoms with van der Waals surface area (Å²) in [6, 6.07) is 6.47. The monoisotopic (exact) mass is 292 g/mol. The standard InChI is InChI=1S/C16H24N2OS/c1-3-4-7-20-12(2)16(19)18-9-13-5-6-14-10-17-11-15(14)8-13/h5-6,8,12,17H,3-4,7,9-11H2,1-2H3,(H,18,19). The SMILES string of the molecule is CCCCSC(C)C(=O)NCc1ccc2c(c1)CNC2. The van der Waals surface area contributed by atoms with Crippen LogP contribution in [-0.4, -0.2) is 16.9 Å². The highest BCUT2D eigenvalue weighted by Gasteiger charge is 2.13. The van der Waals surface area contributed by atoms with E-state index in [2.05, 4.69) is 35.8 Å². The minimum atomic E-state index is 0.0395. The molecule has 110 valence electrons. The topological polar surface area (TPSA) is 41.1 Å². The molecular weight excluding hydrogens is 268 g/mol. The van der Waals surface area contributed by atoms with Crippen LogP contribution in [0.25, 0.3) is 0 Å². The second-order valence-corrected chi connectivity index (χ2v) is 6.74. The molecule has 0 aromatic heterocycles. The number of carbonyl (C=O) groups excluding carboxylic acids is 1. The number of carbonyl (C=O) groups is 1. The molecule has 1 unspecified atom stereocenters. The first kappa shape index (κ1) is 15.4. The van der Waals surface area contributed by atoms with E-state index >= 15 is 0 Å². The van der Waals surface area contributed by atoms with E-state index in [-0.39, 0.29) is 11.2 Å². The minimum absolute atomic E-state index is 0.0395. The van der Waals surface area contributed by atoms with Crippen LogP contribution in [-0.2, 0) is 24.4 Å². The number of unbranched alkanes of at least 4 members (excludes halogenated alkanes) is 1. The highest BCUT2D eigenvalue weighted by atomic mass is 32.2. The molecule has 2 N–H and O–H groups in total. The van der Waals surface area contributed by atoms with Gasteiger partial charge in [0.2, 0.25) is 5.91 Å². The van der Waals surface area contributed by atoms with Gasteiger partial charge in [0, 0.05) is 19.6 Å². The summed E-state index contributed by atoms with van der Waals surface area (Å²) in [4.78, 5) is 12.0. The summed E-state index contributed by atoms with van der Waals surface area (Å²) in [5, 5.41) is 6.41. The Balaban J connectivity index is 1.78. The van der Waals surface area contributed by atoms with Crippen molar-refractivity contribution in [1.82, 2.24) is 10.6 Å². The number of hydrogen-bond acceptors (Lipinski definition) is 3. The van der Waals surface area contributed by atoms with Crippen LogP contribution in [0.1, 0.15) is 43.4 Å². The first-order valence-corrected chi connectivity index (χ1v) is 8.46. The molecule has 0 spiro atoms. The molecule has 1 aromatic rings. The third-order valence-corrected chi connectivity index (χ3v) is 4.84. The lowest BCUT2D eigenvalue weighted by atomic mass is 10.1. The molecule has 0 aliphatic carbocycles. The van der Waals surface area contributed by atoms with Crippen molar-refractivity contribution in [2.24, 2.45) is 0 Å². The van der Waals surface area contributed by atoms with Gasteiger partial charge in [0.1, 0.15) is 0 Å². The van der Waals surface area contributed by atoms with Crippen molar-refractivity contribution in [3.8, 4) is 0 Å². The third kappa shape index (κ3) is 4.25. The Kier molecular flexibility index (Phi) is 5.92. The van der Waals surface area contributed by atoms with Gasteiger partial charge in [0.25, 0.3) is 0 Å². The number of rotatable bonds is 7. The quantitative estimate of drug-likeness (QED) is 0.759. The van der Waals surface area contributed by atoms with Gasteiger partial charge < -0.3 is 10.6 Å². The van der Waals surface area contributed by atoms with Crippen molar-refractivity contribution in [1.29, 1.82) is 0 Å². The van der Waals surface area contributed by atoms with Crippen molar-refractivity contribution in [2.45, 2.75) is 51.6 Å². The first-order valence-electron chi connectivity index (χ1n) is 7.41. The van der Waals surface area contributed by atoms with Gasteiger partial charge >= 0.3 is 0 Å². The van der Waals surface area contributed by atoms with Crippen molar-refractivity contribution in [2.75, 3.05) is 5.75 Å². The minimum Gasteiger partial charge on any atom is -0.351 e. The second-order valence-electron chi connectivity index (χ2n) is 5.29. The molecule has 0 fully saturated rings.